The van der Waals surface area contributed by atoms with Gasteiger partial charge in [-0.15, -0.1) is 0 Å². The molecule has 2 aromatic rings. The first-order valence-corrected chi connectivity index (χ1v) is 9.72. The molecule has 1 amide bonds. The van der Waals surface area contributed by atoms with Crippen molar-refractivity contribution in [3.05, 3.63) is 53.9 Å². The maximum absolute atomic E-state index is 12.8. The Morgan fingerprint density at radius 2 is 2.15 bits per heavy atom. The van der Waals surface area contributed by atoms with Crippen molar-refractivity contribution in [2.24, 2.45) is 0 Å². The lowest BCUT2D eigenvalue weighted by Crippen LogP contribution is -2.32. The number of nitrogens with one attached hydrogen (secondary N) is 1. The van der Waals surface area contributed by atoms with Crippen LogP contribution in [0.3, 0.4) is 0 Å². The van der Waals surface area contributed by atoms with Crippen LogP contribution in [0, 0.1) is 0 Å². The number of carbonyl (C=O) groups excluding carboxylic acids is 1. The van der Waals surface area contributed by atoms with Crippen LogP contribution in [0.4, 0.5) is 0 Å². The molecule has 1 aromatic carbocycles. The first-order valence-electron chi connectivity index (χ1n) is 9.72. The zero-order chi connectivity index (χ0) is 19.2. The third-order valence-electron chi connectivity index (χ3n) is 5.19. The standard InChI is InChI=1S/C22H30N4O/c1-25(2)16-17-7-4-8-18(15-17)20-10-5-12-23-21(20)22(27)24-13-11-19-9-6-14-26(19)3/h4-5,7-8,10,12,15,19H,6,9,11,13-14,16H2,1-3H3,(H,24,27)/t19-/m1/s1. The summed E-state index contributed by atoms with van der Waals surface area (Å²) in [6, 6.07) is 12.8. The molecule has 1 aromatic heterocycles. The number of hydrogen-bond donors (Lipinski definition) is 1. The second kappa shape index (κ2) is 9.11. The Labute approximate surface area is 162 Å². The fraction of sp³-hybridized carbons (Fsp3) is 0.455. The van der Waals surface area contributed by atoms with E-state index in [1.807, 2.05) is 24.3 Å². The lowest BCUT2D eigenvalue weighted by molar-refractivity contribution is 0.0946. The predicted octanol–water partition coefficient (Wildman–Crippen LogP) is 3.02. The van der Waals surface area contributed by atoms with Gasteiger partial charge in [0, 0.05) is 30.9 Å². The summed E-state index contributed by atoms with van der Waals surface area (Å²) in [4.78, 5) is 21.7. The van der Waals surface area contributed by atoms with Gasteiger partial charge in [0.2, 0.25) is 0 Å². The summed E-state index contributed by atoms with van der Waals surface area (Å²) >= 11 is 0. The van der Waals surface area contributed by atoms with Crippen LogP contribution in [-0.2, 0) is 6.54 Å². The van der Waals surface area contributed by atoms with Gasteiger partial charge in [-0.1, -0.05) is 24.3 Å². The van der Waals surface area contributed by atoms with Crippen molar-refractivity contribution in [1.29, 1.82) is 0 Å². The van der Waals surface area contributed by atoms with Crippen LogP contribution in [-0.4, -0.2) is 61.0 Å². The topological polar surface area (TPSA) is 48.5 Å². The summed E-state index contributed by atoms with van der Waals surface area (Å²) in [6.45, 7) is 2.71. The smallest absolute Gasteiger partial charge is 0.270 e. The van der Waals surface area contributed by atoms with E-state index in [-0.39, 0.29) is 5.91 Å². The van der Waals surface area contributed by atoms with Crippen LogP contribution in [0.1, 0.15) is 35.3 Å². The van der Waals surface area contributed by atoms with E-state index in [1.165, 1.54) is 18.4 Å². The molecule has 5 nitrogen and oxygen atoms in total. The van der Waals surface area contributed by atoms with Crippen molar-refractivity contribution in [3.63, 3.8) is 0 Å². The van der Waals surface area contributed by atoms with E-state index in [1.54, 1.807) is 6.20 Å². The Kier molecular flexibility index (Phi) is 6.58. The van der Waals surface area contributed by atoms with Crippen LogP contribution >= 0.6 is 0 Å². The average Bonchev–Trinajstić information content (AvgIpc) is 3.06. The summed E-state index contributed by atoms with van der Waals surface area (Å²) in [5.41, 5.74) is 3.63. The van der Waals surface area contributed by atoms with E-state index < -0.39 is 0 Å². The zero-order valence-electron chi connectivity index (χ0n) is 16.6. The van der Waals surface area contributed by atoms with Gasteiger partial charge in [-0.25, -0.2) is 0 Å². The van der Waals surface area contributed by atoms with Gasteiger partial charge in [0.05, 0.1) is 0 Å². The first kappa shape index (κ1) is 19.5. The van der Waals surface area contributed by atoms with Crippen LogP contribution in [0.2, 0.25) is 0 Å². The van der Waals surface area contributed by atoms with Crippen molar-refractivity contribution in [2.45, 2.75) is 31.8 Å². The van der Waals surface area contributed by atoms with Gasteiger partial charge in [-0.2, -0.15) is 0 Å². The summed E-state index contributed by atoms with van der Waals surface area (Å²) in [5, 5.41) is 3.07. The van der Waals surface area contributed by atoms with Gasteiger partial charge in [0.25, 0.3) is 5.91 Å². The van der Waals surface area contributed by atoms with Crippen LogP contribution in [0.15, 0.2) is 42.6 Å². The molecular formula is C22H30N4O. The highest BCUT2D eigenvalue weighted by Gasteiger charge is 2.21. The van der Waals surface area contributed by atoms with E-state index >= 15 is 0 Å². The number of rotatable bonds is 7. The van der Waals surface area contributed by atoms with Gasteiger partial charge >= 0.3 is 0 Å². The molecule has 144 valence electrons. The highest BCUT2D eigenvalue weighted by molar-refractivity contribution is 5.98. The molecule has 1 atom stereocenters. The van der Waals surface area contributed by atoms with Crippen LogP contribution < -0.4 is 5.32 Å². The van der Waals surface area contributed by atoms with Gasteiger partial charge in [-0.3, -0.25) is 9.78 Å². The van der Waals surface area contributed by atoms with Crippen molar-refractivity contribution in [2.75, 3.05) is 34.2 Å². The molecule has 1 fully saturated rings. The number of nitrogens with zero attached hydrogens (tertiary/aromatic N) is 3. The molecule has 1 saturated heterocycles. The molecule has 1 aliphatic heterocycles. The van der Waals surface area contributed by atoms with Crippen molar-refractivity contribution >= 4 is 5.91 Å². The molecule has 3 rings (SSSR count). The third kappa shape index (κ3) is 5.15. The van der Waals surface area contributed by atoms with Crippen molar-refractivity contribution < 1.29 is 4.79 Å². The van der Waals surface area contributed by atoms with Crippen LogP contribution in [0.5, 0.6) is 0 Å². The third-order valence-corrected chi connectivity index (χ3v) is 5.19. The summed E-state index contributed by atoms with van der Waals surface area (Å²) in [6.07, 6.45) is 5.15. The molecule has 5 heteroatoms. The number of benzene rings is 1. The fourth-order valence-corrected chi connectivity index (χ4v) is 3.80. The maximum Gasteiger partial charge on any atom is 0.270 e. The molecule has 0 bridgehead atoms. The maximum atomic E-state index is 12.8. The molecule has 0 saturated carbocycles. The normalized spacial score (nSPS) is 17.4. The Balaban J connectivity index is 1.70. The van der Waals surface area contributed by atoms with E-state index in [0.29, 0.717) is 18.3 Å². The largest absolute Gasteiger partial charge is 0.351 e. The number of hydrogen-bond acceptors (Lipinski definition) is 4. The Bertz CT molecular complexity index is 774. The molecule has 0 radical (unpaired) electrons. The molecule has 0 aliphatic carbocycles. The summed E-state index contributed by atoms with van der Waals surface area (Å²) < 4.78 is 0. The number of aromatic nitrogens is 1. The number of likely N-dealkylation sites (tertiary alicyclic amines) is 1. The molecule has 0 spiro atoms. The van der Waals surface area contributed by atoms with Crippen molar-refractivity contribution in [1.82, 2.24) is 20.1 Å². The molecule has 0 unspecified atom stereocenters. The van der Waals surface area contributed by atoms with Gasteiger partial charge < -0.3 is 15.1 Å². The number of carbonyl (C=O) groups is 1. The SMILES string of the molecule is CN(C)Cc1cccc(-c2cccnc2C(=O)NCC[C@H]2CCCN2C)c1. The average molecular weight is 367 g/mol. The Morgan fingerprint density at radius 1 is 1.30 bits per heavy atom. The number of pyridine rings is 1. The second-order valence-electron chi connectivity index (χ2n) is 7.66. The summed E-state index contributed by atoms with van der Waals surface area (Å²) in [5.74, 6) is -0.0933. The molecule has 1 N–H and O–H groups in total. The minimum Gasteiger partial charge on any atom is -0.351 e. The van der Waals surface area contributed by atoms with Gasteiger partial charge in [0.1, 0.15) is 5.69 Å². The zero-order valence-corrected chi connectivity index (χ0v) is 16.6. The minimum absolute atomic E-state index is 0.0933. The minimum atomic E-state index is -0.0933. The monoisotopic (exact) mass is 366 g/mol. The van der Waals surface area contributed by atoms with Gasteiger partial charge in [0.15, 0.2) is 0 Å². The van der Waals surface area contributed by atoms with Crippen molar-refractivity contribution in [3.8, 4) is 11.1 Å². The van der Waals surface area contributed by atoms with E-state index in [2.05, 4.69) is 53.4 Å². The lowest BCUT2D eigenvalue weighted by Gasteiger charge is -2.19. The van der Waals surface area contributed by atoms with E-state index in [9.17, 15) is 4.79 Å². The highest BCUT2D eigenvalue weighted by atomic mass is 16.1. The Morgan fingerprint density at radius 3 is 2.89 bits per heavy atom. The quantitative estimate of drug-likeness (QED) is 0.818. The molecule has 1 aliphatic rings. The highest BCUT2D eigenvalue weighted by Crippen LogP contribution is 2.24. The van der Waals surface area contributed by atoms with E-state index in [0.717, 1.165) is 30.6 Å². The summed E-state index contributed by atoms with van der Waals surface area (Å²) in [7, 11) is 6.27. The van der Waals surface area contributed by atoms with Gasteiger partial charge in [-0.05, 0) is 70.2 Å². The lowest BCUT2D eigenvalue weighted by atomic mass is 10.0. The first-order chi connectivity index (χ1) is 13.0. The molecular weight excluding hydrogens is 336 g/mol. The number of amides is 1. The molecule has 27 heavy (non-hydrogen) atoms. The van der Waals surface area contributed by atoms with E-state index in [4.69, 9.17) is 0 Å². The molecule has 2 heterocycles. The Hall–Kier alpha value is -2.24. The predicted molar refractivity (Wildman–Crippen MR) is 110 cm³/mol. The fourth-order valence-electron chi connectivity index (χ4n) is 3.80. The van der Waals surface area contributed by atoms with Crippen LogP contribution in [0.25, 0.3) is 11.1 Å². The second-order valence-corrected chi connectivity index (χ2v) is 7.66.